The molecule has 0 heterocycles. The van der Waals surface area contributed by atoms with E-state index in [-0.39, 0.29) is 5.76 Å². The molecular formula is C14H27N3O3Si. The lowest BCUT2D eigenvalue weighted by Gasteiger charge is -2.43. The van der Waals surface area contributed by atoms with Crippen LogP contribution in [0.4, 0.5) is 0 Å². The summed E-state index contributed by atoms with van der Waals surface area (Å²) in [4.78, 5) is 14.4. The van der Waals surface area contributed by atoms with Gasteiger partial charge < -0.3 is 9.16 Å². The van der Waals surface area contributed by atoms with Gasteiger partial charge in [0.2, 0.25) is 0 Å². The van der Waals surface area contributed by atoms with Gasteiger partial charge in [-0.1, -0.05) is 53.2 Å². The molecule has 0 aromatic rings. The zero-order valence-corrected chi connectivity index (χ0v) is 15.1. The van der Waals surface area contributed by atoms with E-state index in [1.807, 2.05) is 0 Å². The maximum Gasteiger partial charge on any atom is 0.322 e. The Balaban J connectivity index is 5.57. The minimum atomic E-state index is -2.23. The summed E-state index contributed by atoms with van der Waals surface area (Å²) < 4.78 is 10.9. The van der Waals surface area contributed by atoms with Crippen LogP contribution >= 0.6 is 0 Å². The third kappa shape index (κ3) is 4.25. The lowest BCUT2D eigenvalue weighted by molar-refractivity contribution is -0.141. The van der Waals surface area contributed by atoms with Crippen LogP contribution in [0, 0.1) is 0 Å². The fourth-order valence-electron chi connectivity index (χ4n) is 3.04. The number of carbonyl (C=O) groups excluding carboxylic acids is 1. The van der Waals surface area contributed by atoms with Crippen LogP contribution in [0.2, 0.25) is 16.6 Å². The van der Waals surface area contributed by atoms with Gasteiger partial charge in [-0.05, 0) is 22.2 Å². The molecule has 0 saturated carbocycles. The van der Waals surface area contributed by atoms with Gasteiger partial charge in [-0.2, -0.15) is 0 Å². The van der Waals surface area contributed by atoms with Crippen LogP contribution in [-0.4, -0.2) is 27.4 Å². The molecule has 0 aliphatic carbocycles. The Hall–Kier alpha value is -1.46. The standard InChI is InChI=1S/C14H27N3O3Si/c1-9(2)21(10(3)4,11(5)6)20-12(7)13(16-17-15)14(18)19-8/h9-11,13H,7H2,1-6,8H3. The molecule has 120 valence electrons. The largest absolute Gasteiger partial charge is 0.545 e. The highest BCUT2D eigenvalue weighted by molar-refractivity contribution is 6.77. The molecule has 0 aliphatic heterocycles. The number of carbonyl (C=O) groups is 1. The number of esters is 1. The molecule has 1 unspecified atom stereocenters. The topological polar surface area (TPSA) is 84.3 Å². The molecule has 7 heteroatoms. The first-order valence-corrected chi connectivity index (χ1v) is 9.28. The third-order valence-electron chi connectivity index (χ3n) is 3.91. The highest BCUT2D eigenvalue weighted by Gasteiger charge is 2.48. The summed E-state index contributed by atoms with van der Waals surface area (Å²) >= 11 is 0. The van der Waals surface area contributed by atoms with Gasteiger partial charge in [0.15, 0.2) is 6.04 Å². The van der Waals surface area contributed by atoms with Gasteiger partial charge in [-0.25, -0.2) is 0 Å². The fourth-order valence-corrected chi connectivity index (χ4v) is 8.32. The third-order valence-corrected chi connectivity index (χ3v) is 9.94. The SMILES string of the molecule is C=C(O[Si](C(C)C)(C(C)C)C(C)C)C(N=[N+]=[N-])C(=O)OC. The number of hydrogen-bond donors (Lipinski definition) is 0. The Morgan fingerprint density at radius 3 is 1.86 bits per heavy atom. The Labute approximate surface area is 128 Å². The minimum absolute atomic E-state index is 0.183. The molecule has 0 radical (unpaired) electrons. The van der Waals surface area contributed by atoms with Gasteiger partial charge >= 0.3 is 5.97 Å². The number of hydrogen-bond acceptors (Lipinski definition) is 4. The molecule has 21 heavy (non-hydrogen) atoms. The van der Waals surface area contributed by atoms with Crippen molar-refractivity contribution >= 4 is 14.3 Å². The zero-order chi connectivity index (χ0) is 16.8. The molecule has 0 N–H and O–H groups in total. The maximum atomic E-state index is 11.7. The summed E-state index contributed by atoms with van der Waals surface area (Å²) in [5.74, 6) is -0.473. The van der Waals surface area contributed by atoms with E-state index < -0.39 is 20.3 Å². The average molecular weight is 313 g/mol. The summed E-state index contributed by atoms with van der Waals surface area (Å²) in [6.45, 7) is 16.6. The lowest BCUT2D eigenvalue weighted by atomic mass is 10.3. The van der Waals surface area contributed by atoms with Crippen LogP contribution in [-0.2, 0) is 14.0 Å². The average Bonchev–Trinajstić information content (AvgIpc) is 2.39. The quantitative estimate of drug-likeness (QED) is 0.165. The van der Waals surface area contributed by atoms with Crippen molar-refractivity contribution in [2.24, 2.45) is 5.11 Å². The molecule has 0 amide bonds. The second-order valence-corrected chi connectivity index (χ2v) is 11.4. The molecule has 0 rings (SSSR count). The van der Waals surface area contributed by atoms with Crippen molar-refractivity contribution in [1.82, 2.24) is 0 Å². The number of nitrogens with zero attached hydrogens (tertiary/aromatic N) is 3. The molecule has 0 spiro atoms. The van der Waals surface area contributed by atoms with Crippen LogP contribution in [0.25, 0.3) is 10.4 Å². The van der Waals surface area contributed by atoms with Crippen LogP contribution < -0.4 is 0 Å². The van der Waals surface area contributed by atoms with Crippen LogP contribution in [0.15, 0.2) is 17.5 Å². The second-order valence-electron chi connectivity index (χ2n) is 6.02. The van der Waals surface area contributed by atoms with E-state index in [9.17, 15) is 4.79 Å². The highest BCUT2D eigenvalue weighted by atomic mass is 28.4. The Morgan fingerprint density at radius 1 is 1.14 bits per heavy atom. The molecule has 0 saturated heterocycles. The zero-order valence-electron chi connectivity index (χ0n) is 14.1. The number of rotatable bonds is 8. The van der Waals surface area contributed by atoms with Crippen molar-refractivity contribution in [2.45, 2.75) is 64.2 Å². The number of azide groups is 1. The van der Waals surface area contributed by atoms with Crippen molar-refractivity contribution < 1.29 is 14.0 Å². The number of methoxy groups -OCH3 is 1. The van der Waals surface area contributed by atoms with Crippen molar-refractivity contribution in [3.8, 4) is 0 Å². The summed E-state index contributed by atoms with van der Waals surface area (Å²) in [5.41, 5.74) is 9.62. The van der Waals surface area contributed by atoms with Crippen molar-refractivity contribution in [2.75, 3.05) is 7.11 Å². The molecule has 6 nitrogen and oxygen atoms in total. The van der Waals surface area contributed by atoms with Gasteiger partial charge in [0, 0.05) is 4.91 Å². The van der Waals surface area contributed by atoms with Crippen molar-refractivity contribution in [3.63, 3.8) is 0 Å². The first-order valence-electron chi connectivity index (χ1n) is 7.14. The van der Waals surface area contributed by atoms with Gasteiger partial charge in [0.1, 0.15) is 0 Å². The molecule has 0 aliphatic rings. The normalized spacial score (nSPS) is 13.0. The van der Waals surface area contributed by atoms with E-state index in [0.717, 1.165) is 0 Å². The van der Waals surface area contributed by atoms with Crippen LogP contribution in [0.1, 0.15) is 41.5 Å². The van der Waals surface area contributed by atoms with E-state index in [4.69, 9.17) is 9.96 Å². The second kappa shape index (κ2) is 8.10. The van der Waals surface area contributed by atoms with E-state index >= 15 is 0 Å². The maximum absolute atomic E-state index is 11.7. The van der Waals surface area contributed by atoms with Crippen molar-refractivity contribution in [3.05, 3.63) is 22.8 Å². The predicted molar refractivity (Wildman–Crippen MR) is 86.2 cm³/mol. The van der Waals surface area contributed by atoms with E-state index in [2.05, 4.69) is 62.9 Å². The van der Waals surface area contributed by atoms with Gasteiger partial charge in [-0.15, -0.1) is 0 Å². The number of ether oxygens (including phenoxy) is 1. The summed E-state index contributed by atoms with van der Waals surface area (Å²) in [6, 6.07) is -1.14. The molecule has 0 aromatic heterocycles. The minimum Gasteiger partial charge on any atom is -0.545 e. The summed E-state index contributed by atoms with van der Waals surface area (Å²) in [7, 11) is -0.988. The fraction of sp³-hybridized carbons (Fsp3) is 0.786. The van der Waals surface area contributed by atoms with Crippen LogP contribution in [0.3, 0.4) is 0 Å². The van der Waals surface area contributed by atoms with Gasteiger partial charge in [0.05, 0.1) is 12.9 Å². The molecule has 0 aromatic carbocycles. The Morgan fingerprint density at radius 2 is 1.57 bits per heavy atom. The molecule has 1 atom stereocenters. The van der Waals surface area contributed by atoms with E-state index in [1.54, 1.807) is 0 Å². The molecular weight excluding hydrogens is 286 g/mol. The first-order chi connectivity index (χ1) is 9.64. The molecule has 0 bridgehead atoms. The smallest absolute Gasteiger partial charge is 0.322 e. The Bertz CT molecular complexity index is 407. The summed E-state index contributed by atoms with van der Waals surface area (Å²) in [6.07, 6.45) is 0. The monoisotopic (exact) mass is 313 g/mol. The van der Waals surface area contributed by atoms with Crippen LogP contribution in [0.5, 0.6) is 0 Å². The molecule has 0 fully saturated rings. The van der Waals surface area contributed by atoms with E-state index in [1.165, 1.54) is 7.11 Å². The van der Waals surface area contributed by atoms with E-state index in [0.29, 0.717) is 16.6 Å². The van der Waals surface area contributed by atoms with Gasteiger partial charge in [-0.3, -0.25) is 4.79 Å². The summed E-state index contributed by atoms with van der Waals surface area (Å²) in [5, 5.41) is 3.46. The lowest BCUT2D eigenvalue weighted by Crippen LogP contribution is -2.48. The van der Waals surface area contributed by atoms with Gasteiger partial charge in [0.25, 0.3) is 8.32 Å². The van der Waals surface area contributed by atoms with Crippen molar-refractivity contribution in [1.29, 1.82) is 0 Å². The highest BCUT2D eigenvalue weighted by Crippen LogP contribution is 2.43. The predicted octanol–water partition coefficient (Wildman–Crippen LogP) is 4.54. The first kappa shape index (κ1) is 19.5. The Kier molecular flexibility index (Phi) is 7.53.